The highest BCUT2D eigenvalue weighted by molar-refractivity contribution is 5.79. The number of hydrogen-bond acceptors (Lipinski definition) is 5. The maximum atomic E-state index is 5.82. The number of ether oxygens (including phenoxy) is 3. The van der Waals surface area contributed by atoms with Gasteiger partial charge < -0.3 is 29.7 Å². The molecule has 152 valence electrons. The number of aliphatic imine (C=N–C) groups is 1. The molecule has 27 heavy (non-hydrogen) atoms. The molecule has 1 aromatic rings. The van der Waals surface area contributed by atoms with Crippen molar-refractivity contribution in [3.63, 3.8) is 0 Å². The van der Waals surface area contributed by atoms with Gasteiger partial charge >= 0.3 is 0 Å². The van der Waals surface area contributed by atoms with Crippen LogP contribution in [0.4, 0.5) is 0 Å². The minimum Gasteiger partial charge on any atom is -0.497 e. The lowest BCUT2D eigenvalue weighted by Crippen LogP contribution is -2.48. The van der Waals surface area contributed by atoms with E-state index in [9.17, 15) is 0 Å². The van der Waals surface area contributed by atoms with E-state index in [1.165, 1.54) is 0 Å². The molecule has 1 heterocycles. The van der Waals surface area contributed by atoms with Crippen molar-refractivity contribution in [2.75, 3.05) is 60.2 Å². The molecule has 7 nitrogen and oxygen atoms in total. The van der Waals surface area contributed by atoms with Crippen molar-refractivity contribution in [3.8, 4) is 5.75 Å². The molecule has 0 saturated carbocycles. The molecule has 0 aliphatic carbocycles. The average molecular weight is 379 g/mol. The summed E-state index contributed by atoms with van der Waals surface area (Å²) in [6.45, 7) is 8.39. The second kappa shape index (κ2) is 12.5. The third kappa shape index (κ3) is 8.60. The van der Waals surface area contributed by atoms with Crippen molar-refractivity contribution in [1.29, 1.82) is 0 Å². The zero-order chi connectivity index (χ0) is 19.3. The number of hydrogen-bond donors (Lipinski definition) is 2. The predicted octanol–water partition coefficient (Wildman–Crippen LogP) is 1.49. The Morgan fingerprint density at radius 1 is 1.30 bits per heavy atom. The predicted molar refractivity (Wildman–Crippen MR) is 108 cm³/mol. The van der Waals surface area contributed by atoms with E-state index in [2.05, 4.69) is 22.6 Å². The van der Waals surface area contributed by atoms with Crippen molar-refractivity contribution < 1.29 is 14.2 Å². The summed E-state index contributed by atoms with van der Waals surface area (Å²) in [5.41, 5.74) is 1.14. The summed E-state index contributed by atoms with van der Waals surface area (Å²) >= 11 is 0. The third-order valence-electron chi connectivity index (χ3n) is 4.38. The van der Waals surface area contributed by atoms with E-state index in [-0.39, 0.29) is 6.10 Å². The minimum atomic E-state index is 0.181. The second-order valence-corrected chi connectivity index (χ2v) is 6.63. The maximum Gasteiger partial charge on any atom is 0.191 e. The normalized spacial score (nSPS) is 18.3. The first kappa shape index (κ1) is 21.5. The number of morpholine rings is 1. The van der Waals surface area contributed by atoms with Crippen LogP contribution < -0.4 is 15.4 Å². The largest absolute Gasteiger partial charge is 0.497 e. The molecule has 0 radical (unpaired) electrons. The zero-order valence-corrected chi connectivity index (χ0v) is 16.9. The van der Waals surface area contributed by atoms with Crippen molar-refractivity contribution in [2.24, 2.45) is 4.99 Å². The minimum absolute atomic E-state index is 0.181. The maximum absolute atomic E-state index is 5.82. The van der Waals surface area contributed by atoms with Crippen LogP contribution in [0.25, 0.3) is 0 Å². The number of nitrogens with zero attached hydrogens (tertiary/aromatic N) is 2. The summed E-state index contributed by atoms with van der Waals surface area (Å²) in [5.74, 6) is 1.66. The van der Waals surface area contributed by atoms with Gasteiger partial charge in [-0.05, 0) is 38.1 Å². The van der Waals surface area contributed by atoms with Gasteiger partial charge in [0.1, 0.15) is 5.75 Å². The van der Waals surface area contributed by atoms with Gasteiger partial charge in [-0.15, -0.1) is 0 Å². The first-order valence-electron chi connectivity index (χ1n) is 9.74. The summed E-state index contributed by atoms with van der Waals surface area (Å²) in [4.78, 5) is 7.01. The van der Waals surface area contributed by atoms with Gasteiger partial charge in [-0.25, -0.2) is 4.99 Å². The number of methoxy groups -OCH3 is 1. The number of benzene rings is 1. The van der Waals surface area contributed by atoms with Crippen molar-refractivity contribution in [3.05, 3.63) is 29.8 Å². The van der Waals surface area contributed by atoms with Crippen molar-refractivity contribution >= 4 is 5.96 Å². The van der Waals surface area contributed by atoms with E-state index in [1.807, 2.05) is 31.2 Å². The molecule has 0 spiro atoms. The number of nitrogens with one attached hydrogen (secondary N) is 2. The molecule has 1 atom stereocenters. The highest BCUT2D eigenvalue weighted by Crippen LogP contribution is 2.11. The van der Waals surface area contributed by atoms with Crippen LogP contribution >= 0.6 is 0 Å². The topological polar surface area (TPSA) is 67.3 Å². The SMILES string of the molecule is CCOCCCNC(=NCc1ccc(OC)cc1)NCC1CN(C)CCO1. The Morgan fingerprint density at radius 2 is 2.11 bits per heavy atom. The second-order valence-electron chi connectivity index (χ2n) is 6.63. The molecular formula is C20H34N4O3. The highest BCUT2D eigenvalue weighted by atomic mass is 16.5. The van der Waals surface area contributed by atoms with E-state index in [4.69, 9.17) is 19.2 Å². The molecular weight excluding hydrogens is 344 g/mol. The van der Waals surface area contributed by atoms with Crippen LogP contribution in [0.15, 0.2) is 29.3 Å². The van der Waals surface area contributed by atoms with Gasteiger partial charge in [0.2, 0.25) is 0 Å². The van der Waals surface area contributed by atoms with Crippen LogP contribution in [0.2, 0.25) is 0 Å². The third-order valence-corrected chi connectivity index (χ3v) is 4.38. The first-order valence-corrected chi connectivity index (χ1v) is 9.74. The van der Waals surface area contributed by atoms with Gasteiger partial charge in [-0.2, -0.15) is 0 Å². The van der Waals surface area contributed by atoms with Gasteiger partial charge in [-0.1, -0.05) is 12.1 Å². The van der Waals surface area contributed by atoms with E-state index in [0.29, 0.717) is 6.54 Å². The molecule has 1 aliphatic heterocycles. The lowest BCUT2D eigenvalue weighted by molar-refractivity contribution is -0.0161. The molecule has 0 amide bonds. The molecule has 1 unspecified atom stereocenters. The van der Waals surface area contributed by atoms with Crippen LogP contribution in [0.5, 0.6) is 5.75 Å². The Kier molecular flexibility index (Phi) is 9.97. The Balaban J connectivity index is 1.86. The Bertz CT molecular complexity index is 551. The van der Waals surface area contributed by atoms with Crippen molar-refractivity contribution in [1.82, 2.24) is 15.5 Å². The number of rotatable bonds is 10. The fourth-order valence-corrected chi connectivity index (χ4v) is 2.80. The summed E-state index contributed by atoms with van der Waals surface area (Å²) < 4.78 is 16.4. The number of guanidine groups is 1. The summed E-state index contributed by atoms with van der Waals surface area (Å²) in [5, 5.41) is 6.80. The van der Waals surface area contributed by atoms with E-state index < -0.39 is 0 Å². The van der Waals surface area contributed by atoms with Gasteiger partial charge in [-0.3, -0.25) is 0 Å². The van der Waals surface area contributed by atoms with Gasteiger partial charge in [0.05, 0.1) is 26.4 Å². The smallest absolute Gasteiger partial charge is 0.191 e. The fourth-order valence-electron chi connectivity index (χ4n) is 2.80. The van der Waals surface area contributed by atoms with E-state index in [0.717, 1.165) is 69.7 Å². The van der Waals surface area contributed by atoms with Crippen LogP contribution in [0.1, 0.15) is 18.9 Å². The monoisotopic (exact) mass is 378 g/mol. The number of likely N-dealkylation sites (N-methyl/N-ethyl adjacent to an activating group) is 1. The Hall–Kier alpha value is -1.83. The van der Waals surface area contributed by atoms with E-state index >= 15 is 0 Å². The van der Waals surface area contributed by atoms with Crippen LogP contribution in [-0.4, -0.2) is 77.1 Å². The van der Waals surface area contributed by atoms with Gasteiger partial charge in [0, 0.05) is 39.4 Å². The van der Waals surface area contributed by atoms with Crippen LogP contribution in [0, 0.1) is 0 Å². The lowest BCUT2D eigenvalue weighted by atomic mass is 10.2. The van der Waals surface area contributed by atoms with Crippen LogP contribution in [-0.2, 0) is 16.0 Å². The molecule has 1 aliphatic rings. The summed E-state index contributed by atoms with van der Waals surface area (Å²) in [7, 11) is 3.80. The van der Waals surface area contributed by atoms with Crippen LogP contribution in [0.3, 0.4) is 0 Å². The Morgan fingerprint density at radius 3 is 2.81 bits per heavy atom. The average Bonchev–Trinajstić information content (AvgIpc) is 2.69. The molecule has 2 rings (SSSR count). The lowest BCUT2D eigenvalue weighted by Gasteiger charge is -2.30. The molecule has 1 saturated heterocycles. The molecule has 2 N–H and O–H groups in total. The fraction of sp³-hybridized carbons (Fsp3) is 0.650. The van der Waals surface area contributed by atoms with E-state index in [1.54, 1.807) is 7.11 Å². The highest BCUT2D eigenvalue weighted by Gasteiger charge is 2.17. The molecule has 0 aromatic heterocycles. The Labute approximate surface area is 163 Å². The zero-order valence-electron chi connectivity index (χ0n) is 16.9. The molecule has 1 aromatic carbocycles. The van der Waals surface area contributed by atoms with Gasteiger partial charge in [0.15, 0.2) is 5.96 Å². The quantitative estimate of drug-likeness (QED) is 0.365. The van der Waals surface area contributed by atoms with Crippen molar-refractivity contribution in [2.45, 2.75) is 26.0 Å². The summed E-state index contributed by atoms with van der Waals surface area (Å²) in [6, 6.07) is 7.99. The molecule has 7 heteroatoms. The summed E-state index contributed by atoms with van der Waals surface area (Å²) in [6.07, 6.45) is 1.12. The molecule has 0 bridgehead atoms. The standard InChI is InChI=1S/C20H34N4O3/c1-4-26-12-5-10-21-20(23-15-19-16-24(2)11-13-27-19)22-14-17-6-8-18(25-3)9-7-17/h6-9,19H,4-5,10-16H2,1-3H3,(H2,21,22,23). The van der Waals surface area contributed by atoms with Gasteiger partial charge in [0.25, 0.3) is 0 Å². The molecule has 1 fully saturated rings. The first-order chi connectivity index (χ1) is 13.2.